The molecule has 14 heavy (non-hydrogen) atoms. The van der Waals surface area contributed by atoms with Crippen LogP contribution in [0.4, 0.5) is 17.6 Å². The van der Waals surface area contributed by atoms with Crippen molar-refractivity contribution in [2.75, 3.05) is 0 Å². The van der Waals surface area contributed by atoms with Gasteiger partial charge in [0.05, 0.1) is 6.20 Å². The van der Waals surface area contributed by atoms with Gasteiger partial charge in [0, 0.05) is 6.20 Å². The molecule has 1 aromatic rings. The summed E-state index contributed by atoms with van der Waals surface area (Å²) in [4.78, 5) is 3.20. The van der Waals surface area contributed by atoms with Crippen LogP contribution in [0.15, 0.2) is 12.4 Å². The molecule has 0 aromatic carbocycles. The highest BCUT2D eigenvalue weighted by Crippen LogP contribution is 2.27. The third kappa shape index (κ3) is 2.32. The number of rotatable bonds is 1. The molecule has 0 radical (unpaired) electrons. The Labute approximate surface area is 75.5 Å². The fraction of sp³-hybridized carbons (Fsp3) is 0.143. The van der Waals surface area contributed by atoms with Gasteiger partial charge in [-0.3, -0.25) is 4.98 Å². The lowest BCUT2D eigenvalue weighted by Gasteiger charge is -2.09. The number of ether oxygens (including phenoxy) is 1. The number of pyridine rings is 1. The third-order valence-electron chi connectivity index (χ3n) is 1.19. The van der Waals surface area contributed by atoms with Crippen LogP contribution in [0.2, 0.25) is 0 Å². The third-order valence-corrected chi connectivity index (χ3v) is 1.19. The lowest BCUT2D eigenvalue weighted by molar-refractivity contribution is -0.275. The molecule has 7 heteroatoms. The summed E-state index contributed by atoms with van der Waals surface area (Å²) in [6.07, 6.45) is -3.72. The van der Waals surface area contributed by atoms with Crippen LogP contribution in [0, 0.1) is 17.1 Å². The maximum atomic E-state index is 12.7. The number of alkyl halides is 3. The van der Waals surface area contributed by atoms with Gasteiger partial charge >= 0.3 is 6.36 Å². The molecule has 0 N–H and O–H groups in total. The molecule has 0 spiro atoms. The Hall–Kier alpha value is -1.84. The Kier molecular flexibility index (Phi) is 2.56. The maximum absolute atomic E-state index is 12.7. The summed E-state index contributed by atoms with van der Waals surface area (Å²) < 4.78 is 51.2. The van der Waals surface area contributed by atoms with Gasteiger partial charge in [-0.25, -0.2) is 4.39 Å². The molecule has 1 rings (SSSR count). The fourth-order valence-electron chi connectivity index (χ4n) is 0.722. The van der Waals surface area contributed by atoms with Crippen LogP contribution < -0.4 is 4.74 Å². The zero-order chi connectivity index (χ0) is 10.8. The second-order valence-corrected chi connectivity index (χ2v) is 2.16. The van der Waals surface area contributed by atoms with Gasteiger partial charge in [0.25, 0.3) is 0 Å². The Morgan fingerprint density at radius 3 is 2.50 bits per heavy atom. The molecule has 1 heterocycles. The van der Waals surface area contributed by atoms with Crippen molar-refractivity contribution in [3.05, 3.63) is 23.8 Å². The van der Waals surface area contributed by atoms with E-state index in [-0.39, 0.29) is 0 Å². The molecule has 74 valence electrons. The van der Waals surface area contributed by atoms with E-state index < -0.39 is 23.5 Å². The number of hydrogen-bond donors (Lipinski definition) is 0. The molecule has 0 aliphatic heterocycles. The van der Waals surface area contributed by atoms with Crippen molar-refractivity contribution in [2.24, 2.45) is 0 Å². The number of nitrogens with zero attached hydrogens (tertiary/aromatic N) is 2. The normalized spacial score (nSPS) is 10.8. The molecule has 3 nitrogen and oxygen atoms in total. The lowest BCUT2D eigenvalue weighted by atomic mass is 10.3. The fourth-order valence-corrected chi connectivity index (χ4v) is 0.722. The molecule has 0 saturated heterocycles. The second-order valence-electron chi connectivity index (χ2n) is 2.16. The minimum Gasteiger partial charge on any atom is -0.401 e. The Bertz CT molecular complexity index is 382. The topological polar surface area (TPSA) is 45.9 Å². The van der Waals surface area contributed by atoms with Gasteiger partial charge in [-0.15, -0.1) is 13.2 Å². The molecule has 0 fully saturated rings. The number of aromatic nitrogens is 1. The zero-order valence-electron chi connectivity index (χ0n) is 6.47. The van der Waals surface area contributed by atoms with Crippen molar-refractivity contribution in [1.82, 2.24) is 4.98 Å². The molecule has 0 aliphatic carbocycles. The monoisotopic (exact) mass is 206 g/mol. The number of halogens is 4. The minimum absolute atomic E-state index is 0.530. The molecule has 0 bridgehead atoms. The minimum atomic E-state index is -5.03. The van der Waals surface area contributed by atoms with Crippen molar-refractivity contribution in [3.8, 4) is 11.8 Å². The first-order valence-corrected chi connectivity index (χ1v) is 3.23. The highest BCUT2D eigenvalue weighted by Gasteiger charge is 2.33. The quantitative estimate of drug-likeness (QED) is 0.660. The van der Waals surface area contributed by atoms with E-state index in [9.17, 15) is 17.6 Å². The summed E-state index contributed by atoms with van der Waals surface area (Å²) in [6.45, 7) is 0. The van der Waals surface area contributed by atoms with Crippen LogP contribution in [0.25, 0.3) is 0 Å². The first kappa shape index (κ1) is 10.2. The maximum Gasteiger partial charge on any atom is 0.573 e. The highest BCUT2D eigenvalue weighted by molar-refractivity contribution is 5.41. The molecule has 0 aliphatic rings. The van der Waals surface area contributed by atoms with E-state index in [0.29, 0.717) is 6.20 Å². The molecule has 1 aromatic heterocycles. The second kappa shape index (κ2) is 3.49. The van der Waals surface area contributed by atoms with Gasteiger partial charge in [-0.05, 0) is 0 Å². The first-order valence-electron chi connectivity index (χ1n) is 3.23. The SMILES string of the molecule is N#Cc1cncc(F)c1OC(F)(F)F. The van der Waals surface area contributed by atoms with Gasteiger partial charge in [0.15, 0.2) is 11.6 Å². The first-order chi connectivity index (χ1) is 6.44. The van der Waals surface area contributed by atoms with Crippen molar-refractivity contribution >= 4 is 0 Å². The summed E-state index contributed by atoms with van der Waals surface area (Å²) in [5.74, 6) is -2.49. The summed E-state index contributed by atoms with van der Waals surface area (Å²) in [6, 6.07) is 1.33. The van der Waals surface area contributed by atoms with Crippen molar-refractivity contribution in [2.45, 2.75) is 6.36 Å². The standard InChI is InChI=1S/C7H2F4N2O/c8-5-3-13-2-4(1-12)6(5)14-7(9,10)11/h2-3H. The molecule has 0 unspecified atom stereocenters. The van der Waals surface area contributed by atoms with Crippen LogP contribution in [0.1, 0.15) is 5.56 Å². The lowest BCUT2D eigenvalue weighted by Crippen LogP contribution is -2.18. The van der Waals surface area contributed by atoms with Gasteiger partial charge in [-0.2, -0.15) is 5.26 Å². The largest absolute Gasteiger partial charge is 0.573 e. The summed E-state index contributed by atoms with van der Waals surface area (Å²) >= 11 is 0. The molecule has 0 amide bonds. The van der Waals surface area contributed by atoms with E-state index in [4.69, 9.17) is 5.26 Å². The van der Waals surface area contributed by atoms with E-state index >= 15 is 0 Å². The van der Waals surface area contributed by atoms with Gasteiger partial charge in [0.1, 0.15) is 11.6 Å². The molecule has 0 saturated carbocycles. The molecule has 0 atom stereocenters. The Morgan fingerprint density at radius 2 is 2.00 bits per heavy atom. The van der Waals surface area contributed by atoms with Crippen LogP contribution in [-0.2, 0) is 0 Å². The number of nitriles is 1. The summed E-state index contributed by atoms with van der Waals surface area (Å²) in [5.41, 5.74) is -0.609. The molecular weight excluding hydrogens is 204 g/mol. The van der Waals surface area contributed by atoms with Crippen molar-refractivity contribution in [3.63, 3.8) is 0 Å². The van der Waals surface area contributed by atoms with Crippen molar-refractivity contribution < 1.29 is 22.3 Å². The van der Waals surface area contributed by atoms with Gasteiger partial charge in [0.2, 0.25) is 0 Å². The predicted molar refractivity (Wildman–Crippen MR) is 35.6 cm³/mol. The van der Waals surface area contributed by atoms with Crippen LogP contribution >= 0.6 is 0 Å². The van der Waals surface area contributed by atoms with Crippen LogP contribution in [0.5, 0.6) is 5.75 Å². The summed E-state index contributed by atoms with van der Waals surface area (Å²) in [5, 5.41) is 8.34. The van der Waals surface area contributed by atoms with Crippen LogP contribution in [-0.4, -0.2) is 11.3 Å². The Balaban J connectivity index is 3.13. The summed E-state index contributed by atoms with van der Waals surface area (Å²) in [7, 11) is 0. The van der Waals surface area contributed by atoms with E-state index in [2.05, 4.69) is 9.72 Å². The van der Waals surface area contributed by atoms with E-state index in [1.807, 2.05) is 0 Å². The number of hydrogen-bond acceptors (Lipinski definition) is 3. The predicted octanol–water partition coefficient (Wildman–Crippen LogP) is 1.99. The van der Waals surface area contributed by atoms with E-state index in [1.165, 1.54) is 6.07 Å². The van der Waals surface area contributed by atoms with Gasteiger partial charge < -0.3 is 4.74 Å². The average molecular weight is 206 g/mol. The van der Waals surface area contributed by atoms with Crippen LogP contribution in [0.3, 0.4) is 0 Å². The van der Waals surface area contributed by atoms with Gasteiger partial charge in [-0.1, -0.05) is 0 Å². The van der Waals surface area contributed by atoms with E-state index in [1.54, 1.807) is 0 Å². The zero-order valence-corrected chi connectivity index (χ0v) is 6.47. The Morgan fingerprint density at radius 1 is 1.36 bits per heavy atom. The van der Waals surface area contributed by atoms with E-state index in [0.717, 1.165) is 6.20 Å². The van der Waals surface area contributed by atoms with Crippen molar-refractivity contribution in [1.29, 1.82) is 5.26 Å². The molecular formula is C7H2F4N2O. The average Bonchev–Trinajstić information content (AvgIpc) is 2.06. The smallest absolute Gasteiger partial charge is 0.401 e. The highest BCUT2D eigenvalue weighted by atomic mass is 19.4.